The van der Waals surface area contributed by atoms with Crippen LogP contribution in [0.15, 0.2) is 12.7 Å². The van der Waals surface area contributed by atoms with Crippen molar-refractivity contribution in [3.05, 3.63) is 12.7 Å². The Morgan fingerprint density at radius 2 is 2.15 bits per heavy atom. The summed E-state index contributed by atoms with van der Waals surface area (Å²) in [5.74, 6) is -0.471. The van der Waals surface area contributed by atoms with Crippen molar-refractivity contribution in [2.75, 3.05) is 20.2 Å². The van der Waals surface area contributed by atoms with Crippen molar-refractivity contribution in [1.29, 1.82) is 0 Å². The third-order valence-electron chi connectivity index (χ3n) is 1.68. The molecule has 0 N–H and O–H groups in total. The van der Waals surface area contributed by atoms with Crippen molar-refractivity contribution < 1.29 is 14.3 Å². The van der Waals surface area contributed by atoms with E-state index in [1.54, 1.807) is 0 Å². The summed E-state index contributed by atoms with van der Waals surface area (Å²) in [5, 5.41) is 0. The number of methoxy groups -OCH3 is 1. The van der Waals surface area contributed by atoms with Crippen LogP contribution in [0.4, 0.5) is 0 Å². The van der Waals surface area contributed by atoms with Gasteiger partial charge in [0.15, 0.2) is 0 Å². The molecule has 0 aromatic carbocycles. The van der Waals surface area contributed by atoms with Crippen LogP contribution in [-0.2, 0) is 14.3 Å². The summed E-state index contributed by atoms with van der Waals surface area (Å²) < 4.78 is 4.46. The number of nitrogens with zero attached hydrogens (tertiary/aromatic N) is 1. The van der Waals surface area contributed by atoms with Crippen molar-refractivity contribution in [2.24, 2.45) is 0 Å². The Hall–Kier alpha value is -1.32. The van der Waals surface area contributed by atoms with E-state index in [0.717, 1.165) is 0 Å². The summed E-state index contributed by atoms with van der Waals surface area (Å²) in [6.07, 6.45) is 1.46. The standard InChI is InChI=1S/C9H15NO3/c1-4-8(11)10(5-2)7-6-9(12)13-3/h4H,1,5-7H2,2-3H3. The fourth-order valence-corrected chi connectivity index (χ4v) is 0.882. The molecule has 13 heavy (non-hydrogen) atoms. The second-order valence-corrected chi connectivity index (χ2v) is 2.45. The van der Waals surface area contributed by atoms with Gasteiger partial charge in [-0.25, -0.2) is 0 Å². The highest BCUT2D eigenvalue weighted by Crippen LogP contribution is 1.94. The molecule has 4 heteroatoms. The maximum Gasteiger partial charge on any atom is 0.307 e. The van der Waals surface area contributed by atoms with Gasteiger partial charge in [-0.3, -0.25) is 9.59 Å². The van der Waals surface area contributed by atoms with Crippen LogP contribution in [0.1, 0.15) is 13.3 Å². The van der Waals surface area contributed by atoms with Crippen LogP contribution >= 0.6 is 0 Å². The van der Waals surface area contributed by atoms with Gasteiger partial charge in [-0.15, -0.1) is 0 Å². The zero-order valence-electron chi connectivity index (χ0n) is 8.08. The molecule has 1 amide bonds. The molecule has 0 radical (unpaired) electrons. The lowest BCUT2D eigenvalue weighted by Crippen LogP contribution is -2.31. The van der Waals surface area contributed by atoms with Gasteiger partial charge in [-0.2, -0.15) is 0 Å². The Bertz CT molecular complexity index is 201. The lowest BCUT2D eigenvalue weighted by Gasteiger charge is -2.17. The predicted octanol–water partition coefficient (Wildman–Crippen LogP) is 0.584. The van der Waals surface area contributed by atoms with Crippen LogP contribution < -0.4 is 0 Å². The highest BCUT2D eigenvalue weighted by molar-refractivity contribution is 5.87. The molecule has 0 fully saturated rings. The molecule has 0 spiro atoms. The summed E-state index contributed by atoms with van der Waals surface area (Å²) in [6.45, 7) is 6.17. The molecular formula is C9H15NO3. The molecule has 0 atom stereocenters. The zero-order valence-corrected chi connectivity index (χ0v) is 8.08. The van der Waals surface area contributed by atoms with Gasteiger partial charge in [0.25, 0.3) is 0 Å². The second kappa shape index (κ2) is 6.22. The number of carbonyl (C=O) groups is 2. The average Bonchev–Trinajstić information content (AvgIpc) is 2.17. The number of rotatable bonds is 5. The van der Waals surface area contributed by atoms with Gasteiger partial charge in [0.2, 0.25) is 5.91 Å². The number of amides is 1. The van der Waals surface area contributed by atoms with Gasteiger partial charge >= 0.3 is 5.97 Å². The molecule has 0 aliphatic rings. The van der Waals surface area contributed by atoms with Crippen LogP contribution in [0, 0.1) is 0 Å². The monoisotopic (exact) mass is 185 g/mol. The number of ether oxygens (including phenoxy) is 1. The fourth-order valence-electron chi connectivity index (χ4n) is 0.882. The minimum atomic E-state index is -0.310. The summed E-state index contributed by atoms with van der Waals surface area (Å²) in [6, 6.07) is 0. The van der Waals surface area contributed by atoms with E-state index < -0.39 is 0 Å². The molecule has 0 aromatic rings. The first-order valence-corrected chi connectivity index (χ1v) is 4.13. The Labute approximate surface area is 78.2 Å². The third-order valence-corrected chi connectivity index (χ3v) is 1.68. The smallest absolute Gasteiger partial charge is 0.307 e. The average molecular weight is 185 g/mol. The van der Waals surface area contributed by atoms with Gasteiger partial charge in [0, 0.05) is 13.1 Å². The van der Waals surface area contributed by atoms with Crippen molar-refractivity contribution >= 4 is 11.9 Å². The van der Waals surface area contributed by atoms with Gasteiger partial charge in [0.05, 0.1) is 13.5 Å². The molecule has 0 heterocycles. The highest BCUT2D eigenvalue weighted by Gasteiger charge is 2.09. The predicted molar refractivity (Wildman–Crippen MR) is 49.1 cm³/mol. The van der Waals surface area contributed by atoms with E-state index in [1.165, 1.54) is 18.1 Å². The van der Waals surface area contributed by atoms with E-state index in [4.69, 9.17) is 0 Å². The lowest BCUT2D eigenvalue weighted by atomic mass is 10.3. The number of carbonyl (C=O) groups excluding carboxylic acids is 2. The van der Waals surface area contributed by atoms with E-state index in [0.29, 0.717) is 13.1 Å². The van der Waals surface area contributed by atoms with Crippen LogP contribution in [0.5, 0.6) is 0 Å². The first-order valence-electron chi connectivity index (χ1n) is 4.13. The summed E-state index contributed by atoms with van der Waals surface area (Å²) >= 11 is 0. The number of likely N-dealkylation sites (N-methyl/N-ethyl adjacent to an activating group) is 1. The van der Waals surface area contributed by atoms with E-state index in [1.807, 2.05) is 6.92 Å². The highest BCUT2D eigenvalue weighted by atomic mass is 16.5. The maximum atomic E-state index is 11.1. The Morgan fingerprint density at radius 1 is 1.54 bits per heavy atom. The molecule has 0 saturated carbocycles. The fraction of sp³-hybridized carbons (Fsp3) is 0.556. The van der Waals surface area contributed by atoms with Crippen molar-refractivity contribution in [1.82, 2.24) is 4.90 Å². The topological polar surface area (TPSA) is 46.6 Å². The van der Waals surface area contributed by atoms with Crippen LogP contribution in [0.2, 0.25) is 0 Å². The van der Waals surface area contributed by atoms with Gasteiger partial charge in [-0.1, -0.05) is 6.58 Å². The SMILES string of the molecule is C=CC(=O)N(CC)CCC(=O)OC. The summed E-state index contributed by atoms with van der Waals surface area (Å²) in [5.41, 5.74) is 0. The first kappa shape index (κ1) is 11.7. The number of hydrogen-bond acceptors (Lipinski definition) is 3. The minimum absolute atomic E-state index is 0.161. The van der Waals surface area contributed by atoms with Crippen LogP contribution in [0.25, 0.3) is 0 Å². The Morgan fingerprint density at radius 3 is 2.54 bits per heavy atom. The molecule has 0 saturated heterocycles. The molecule has 4 nitrogen and oxygen atoms in total. The summed E-state index contributed by atoms with van der Waals surface area (Å²) in [7, 11) is 1.33. The number of esters is 1. The van der Waals surface area contributed by atoms with E-state index in [9.17, 15) is 9.59 Å². The van der Waals surface area contributed by atoms with Gasteiger partial charge < -0.3 is 9.64 Å². The Kier molecular flexibility index (Phi) is 5.59. The molecule has 0 aliphatic heterocycles. The number of hydrogen-bond donors (Lipinski definition) is 0. The van der Waals surface area contributed by atoms with Crippen LogP contribution in [-0.4, -0.2) is 37.0 Å². The second-order valence-electron chi connectivity index (χ2n) is 2.45. The maximum absolute atomic E-state index is 11.1. The largest absolute Gasteiger partial charge is 0.469 e. The minimum Gasteiger partial charge on any atom is -0.469 e. The zero-order chi connectivity index (χ0) is 10.3. The molecular weight excluding hydrogens is 170 g/mol. The Balaban J connectivity index is 3.92. The van der Waals surface area contributed by atoms with Gasteiger partial charge in [-0.05, 0) is 13.0 Å². The van der Waals surface area contributed by atoms with E-state index >= 15 is 0 Å². The van der Waals surface area contributed by atoms with Crippen molar-refractivity contribution in [3.63, 3.8) is 0 Å². The molecule has 0 bridgehead atoms. The van der Waals surface area contributed by atoms with Gasteiger partial charge in [0.1, 0.15) is 0 Å². The quantitative estimate of drug-likeness (QED) is 0.465. The first-order chi connectivity index (χ1) is 6.15. The van der Waals surface area contributed by atoms with E-state index in [2.05, 4.69) is 11.3 Å². The molecule has 0 unspecified atom stereocenters. The van der Waals surface area contributed by atoms with Crippen LogP contribution in [0.3, 0.4) is 0 Å². The van der Waals surface area contributed by atoms with Crippen molar-refractivity contribution in [3.8, 4) is 0 Å². The molecule has 74 valence electrons. The van der Waals surface area contributed by atoms with Crippen molar-refractivity contribution in [2.45, 2.75) is 13.3 Å². The molecule has 0 aromatic heterocycles. The van der Waals surface area contributed by atoms with E-state index in [-0.39, 0.29) is 18.3 Å². The lowest BCUT2D eigenvalue weighted by molar-refractivity contribution is -0.141. The molecule has 0 aliphatic carbocycles. The summed E-state index contributed by atoms with van der Waals surface area (Å²) in [4.78, 5) is 23.4. The third kappa shape index (κ3) is 4.30. The molecule has 0 rings (SSSR count). The normalized spacial score (nSPS) is 9.08.